The van der Waals surface area contributed by atoms with Gasteiger partial charge in [-0.2, -0.15) is 5.10 Å². The first-order valence-corrected chi connectivity index (χ1v) is 7.23. The molecule has 24 heavy (non-hydrogen) atoms. The van der Waals surface area contributed by atoms with E-state index in [1.165, 1.54) is 23.0 Å². The van der Waals surface area contributed by atoms with Crippen LogP contribution < -0.4 is 0 Å². The van der Waals surface area contributed by atoms with E-state index < -0.39 is 17.6 Å². The SMILES string of the molecule is C\C=C/C(F)=C(F)\C=C\n1ccc(C2=CCC(C(=O)O)=CC=C2)n1. The molecule has 0 amide bonds. The third-order valence-electron chi connectivity index (χ3n) is 3.21. The fourth-order valence-corrected chi connectivity index (χ4v) is 1.99. The number of allylic oxidation sites excluding steroid dienone is 10. The van der Waals surface area contributed by atoms with Gasteiger partial charge in [0.2, 0.25) is 0 Å². The van der Waals surface area contributed by atoms with Crippen LogP contribution in [0.2, 0.25) is 0 Å². The number of aromatic nitrogens is 2. The number of hydrogen-bond acceptors (Lipinski definition) is 2. The van der Waals surface area contributed by atoms with Gasteiger partial charge < -0.3 is 5.11 Å². The van der Waals surface area contributed by atoms with Crippen molar-refractivity contribution < 1.29 is 18.7 Å². The first kappa shape index (κ1) is 17.3. The molecular formula is C18H16F2N2O2. The van der Waals surface area contributed by atoms with Crippen molar-refractivity contribution in [2.75, 3.05) is 0 Å². The number of carboxylic acid groups (broad SMARTS) is 1. The fraction of sp³-hybridized carbons (Fsp3) is 0.111. The highest BCUT2D eigenvalue weighted by atomic mass is 19.2. The summed E-state index contributed by atoms with van der Waals surface area (Å²) >= 11 is 0. The Kier molecular flexibility index (Phi) is 5.78. The van der Waals surface area contributed by atoms with Gasteiger partial charge in [0, 0.05) is 18.0 Å². The molecule has 0 atom stereocenters. The molecule has 1 aliphatic carbocycles. The Bertz CT molecular complexity index is 809. The lowest BCUT2D eigenvalue weighted by atomic mass is 10.1. The van der Waals surface area contributed by atoms with Gasteiger partial charge in [0.25, 0.3) is 0 Å². The molecule has 0 spiro atoms. The summed E-state index contributed by atoms with van der Waals surface area (Å²) in [6.07, 6.45) is 13.3. The molecule has 0 fully saturated rings. The number of carboxylic acids is 1. The molecule has 2 rings (SSSR count). The smallest absolute Gasteiger partial charge is 0.331 e. The van der Waals surface area contributed by atoms with Gasteiger partial charge in [0.05, 0.1) is 5.69 Å². The highest BCUT2D eigenvalue weighted by molar-refractivity contribution is 5.88. The van der Waals surface area contributed by atoms with Crippen LogP contribution in [0.15, 0.2) is 72.0 Å². The van der Waals surface area contributed by atoms with E-state index in [0.717, 1.165) is 17.7 Å². The van der Waals surface area contributed by atoms with Crippen molar-refractivity contribution in [3.8, 4) is 0 Å². The molecule has 1 aromatic heterocycles. The molecule has 0 saturated carbocycles. The first-order valence-electron chi connectivity index (χ1n) is 7.23. The molecule has 0 radical (unpaired) electrons. The van der Waals surface area contributed by atoms with E-state index in [0.29, 0.717) is 5.69 Å². The summed E-state index contributed by atoms with van der Waals surface area (Å²) in [5.74, 6) is -2.91. The summed E-state index contributed by atoms with van der Waals surface area (Å²) in [5, 5.41) is 13.2. The molecule has 1 N–H and O–H groups in total. The predicted molar refractivity (Wildman–Crippen MR) is 89.1 cm³/mol. The average Bonchev–Trinajstić information content (AvgIpc) is 2.88. The number of aliphatic carboxylic acids is 1. The Morgan fingerprint density at radius 3 is 2.79 bits per heavy atom. The first-order chi connectivity index (χ1) is 11.5. The zero-order valence-electron chi connectivity index (χ0n) is 13.0. The largest absolute Gasteiger partial charge is 0.478 e. The minimum absolute atomic E-state index is 0.284. The number of nitrogens with zero attached hydrogens (tertiary/aromatic N) is 2. The topological polar surface area (TPSA) is 55.1 Å². The maximum atomic E-state index is 13.4. The van der Waals surface area contributed by atoms with Gasteiger partial charge in [0.1, 0.15) is 0 Å². The van der Waals surface area contributed by atoms with Gasteiger partial charge in [0.15, 0.2) is 11.7 Å². The van der Waals surface area contributed by atoms with E-state index in [2.05, 4.69) is 5.10 Å². The summed E-state index contributed by atoms with van der Waals surface area (Å²) in [7, 11) is 0. The van der Waals surface area contributed by atoms with Gasteiger partial charge in [-0.15, -0.1) is 0 Å². The number of carbonyl (C=O) groups is 1. The molecule has 0 saturated heterocycles. The zero-order valence-corrected chi connectivity index (χ0v) is 13.0. The van der Waals surface area contributed by atoms with Gasteiger partial charge in [-0.1, -0.05) is 30.4 Å². The molecular weight excluding hydrogens is 314 g/mol. The molecule has 1 aromatic rings. The van der Waals surface area contributed by atoms with E-state index in [4.69, 9.17) is 5.11 Å². The Morgan fingerprint density at radius 1 is 1.33 bits per heavy atom. The summed E-state index contributed by atoms with van der Waals surface area (Å²) in [4.78, 5) is 11.0. The Morgan fingerprint density at radius 2 is 2.08 bits per heavy atom. The second kappa shape index (κ2) is 8.01. The normalized spacial score (nSPS) is 16.1. The predicted octanol–water partition coefficient (Wildman–Crippen LogP) is 4.43. The van der Waals surface area contributed by atoms with Crippen LogP contribution in [-0.2, 0) is 4.79 Å². The van der Waals surface area contributed by atoms with Crippen LogP contribution in [0.25, 0.3) is 11.8 Å². The van der Waals surface area contributed by atoms with E-state index >= 15 is 0 Å². The highest BCUT2D eigenvalue weighted by Gasteiger charge is 2.09. The Balaban J connectivity index is 2.15. The van der Waals surface area contributed by atoms with Gasteiger partial charge in [-0.25, -0.2) is 18.3 Å². The Labute approximate surface area is 138 Å². The Hall–Kier alpha value is -3.02. The van der Waals surface area contributed by atoms with Crippen LogP contribution in [0, 0.1) is 0 Å². The number of rotatable bonds is 5. The van der Waals surface area contributed by atoms with E-state index in [-0.39, 0.29) is 12.0 Å². The third-order valence-corrected chi connectivity index (χ3v) is 3.21. The zero-order chi connectivity index (χ0) is 17.5. The highest BCUT2D eigenvalue weighted by Crippen LogP contribution is 2.20. The van der Waals surface area contributed by atoms with Crippen molar-refractivity contribution in [2.45, 2.75) is 13.3 Å². The van der Waals surface area contributed by atoms with Crippen LogP contribution in [0.3, 0.4) is 0 Å². The second-order valence-electron chi connectivity index (χ2n) is 4.91. The number of hydrogen-bond donors (Lipinski definition) is 1. The standard InChI is InChI=1S/C18H16F2N2O2/c1-2-4-15(19)16(20)9-11-22-12-10-17(21-22)13-5-3-6-14(8-7-13)18(23)24/h2-7,9-12H,8H2,1H3,(H,23,24)/b4-2-,11-9+,16-15-. The molecule has 0 unspecified atom stereocenters. The lowest BCUT2D eigenvalue weighted by molar-refractivity contribution is -0.132. The summed E-state index contributed by atoms with van der Waals surface area (Å²) in [6.45, 7) is 1.59. The van der Waals surface area contributed by atoms with Gasteiger partial charge in [-0.05, 0) is 37.1 Å². The monoisotopic (exact) mass is 330 g/mol. The van der Waals surface area contributed by atoms with Crippen LogP contribution in [0.5, 0.6) is 0 Å². The fourth-order valence-electron chi connectivity index (χ4n) is 1.99. The van der Waals surface area contributed by atoms with Gasteiger partial charge in [-0.3, -0.25) is 0 Å². The molecule has 4 nitrogen and oxygen atoms in total. The summed E-state index contributed by atoms with van der Waals surface area (Å²) in [6, 6.07) is 1.70. The summed E-state index contributed by atoms with van der Waals surface area (Å²) in [5.41, 5.74) is 1.65. The number of halogens is 2. The molecule has 124 valence electrons. The molecule has 6 heteroatoms. The van der Waals surface area contributed by atoms with E-state index in [1.807, 2.05) is 0 Å². The van der Waals surface area contributed by atoms with Crippen LogP contribution in [-0.4, -0.2) is 20.9 Å². The minimum atomic E-state index is -0.992. The third kappa shape index (κ3) is 4.49. The summed E-state index contributed by atoms with van der Waals surface area (Å²) < 4.78 is 28.0. The van der Waals surface area contributed by atoms with Crippen LogP contribution in [0.1, 0.15) is 19.0 Å². The van der Waals surface area contributed by atoms with E-state index in [1.54, 1.807) is 37.4 Å². The van der Waals surface area contributed by atoms with Crippen LogP contribution >= 0.6 is 0 Å². The molecule has 1 heterocycles. The quantitative estimate of drug-likeness (QED) is 0.812. The lowest BCUT2D eigenvalue weighted by Gasteiger charge is -1.97. The minimum Gasteiger partial charge on any atom is -0.478 e. The maximum absolute atomic E-state index is 13.4. The molecule has 0 bridgehead atoms. The van der Waals surface area contributed by atoms with E-state index in [9.17, 15) is 13.6 Å². The van der Waals surface area contributed by atoms with Crippen molar-refractivity contribution in [1.82, 2.24) is 9.78 Å². The molecule has 0 aliphatic heterocycles. The molecule has 1 aliphatic rings. The van der Waals surface area contributed by atoms with Gasteiger partial charge >= 0.3 is 5.97 Å². The van der Waals surface area contributed by atoms with Crippen molar-refractivity contribution in [2.24, 2.45) is 0 Å². The maximum Gasteiger partial charge on any atom is 0.331 e. The van der Waals surface area contributed by atoms with Crippen molar-refractivity contribution in [3.63, 3.8) is 0 Å². The van der Waals surface area contributed by atoms with Crippen molar-refractivity contribution >= 4 is 17.7 Å². The molecule has 0 aromatic carbocycles. The second-order valence-corrected chi connectivity index (χ2v) is 4.91. The average molecular weight is 330 g/mol. The lowest BCUT2D eigenvalue weighted by Crippen LogP contribution is -1.98. The van der Waals surface area contributed by atoms with Crippen LogP contribution in [0.4, 0.5) is 8.78 Å². The van der Waals surface area contributed by atoms with Crippen molar-refractivity contribution in [1.29, 1.82) is 0 Å². The van der Waals surface area contributed by atoms with Crippen molar-refractivity contribution in [3.05, 3.63) is 77.7 Å².